The van der Waals surface area contributed by atoms with E-state index in [9.17, 15) is 13.2 Å². The monoisotopic (exact) mass is 262 g/mol. The van der Waals surface area contributed by atoms with E-state index in [-0.39, 0.29) is 10.9 Å². The van der Waals surface area contributed by atoms with Gasteiger partial charge in [0.25, 0.3) is 10.0 Å². The minimum absolute atomic E-state index is 0.126. The molecule has 0 saturated carbocycles. The fraction of sp³-hybridized carbons (Fsp3) is 0.444. The summed E-state index contributed by atoms with van der Waals surface area (Å²) >= 11 is 0. The van der Waals surface area contributed by atoms with Crippen LogP contribution in [0.1, 0.15) is 17.5 Å². The number of nitrogens with zero attached hydrogens (tertiary/aromatic N) is 1. The average molecular weight is 262 g/mol. The van der Waals surface area contributed by atoms with Gasteiger partial charge in [0.2, 0.25) is 5.09 Å². The van der Waals surface area contributed by atoms with Crippen LogP contribution in [0.2, 0.25) is 0 Å². The van der Waals surface area contributed by atoms with Gasteiger partial charge in [-0.1, -0.05) is 0 Å². The smallest absolute Gasteiger partial charge is 0.310 e. The minimum atomic E-state index is -3.66. The molecule has 17 heavy (non-hydrogen) atoms. The summed E-state index contributed by atoms with van der Waals surface area (Å²) in [6.07, 6.45) is 0. The Morgan fingerprint density at radius 2 is 2.12 bits per heavy atom. The second-order valence-corrected chi connectivity index (χ2v) is 5.35. The number of furan rings is 1. The van der Waals surface area contributed by atoms with E-state index in [2.05, 4.69) is 10.3 Å². The third kappa shape index (κ3) is 3.05. The maximum absolute atomic E-state index is 11.7. The van der Waals surface area contributed by atoms with Gasteiger partial charge in [-0.15, -0.1) is 0 Å². The number of nitrogens with one attached hydrogen (secondary N) is 1. The minimum Gasteiger partial charge on any atom is -0.438 e. The van der Waals surface area contributed by atoms with Crippen molar-refractivity contribution in [3.05, 3.63) is 17.9 Å². The second-order valence-electron chi connectivity index (χ2n) is 3.27. The largest absolute Gasteiger partial charge is 0.438 e. The summed E-state index contributed by atoms with van der Waals surface area (Å²) in [5, 5.41) is -0.288. The molecule has 0 bridgehead atoms. The van der Waals surface area contributed by atoms with Crippen molar-refractivity contribution in [2.75, 3.05) is 20.7 Å². The van der Waals surface area contributed by atoms with E-state index < -0.39 is 15.9 Å². The third-order valence-electron chi connectivity index (χ3n) is 1.85. The van der Waals surface area contributed by atoms with Crippen molar-refractivity contribution in [1.29, 1.82) is 0 Å². The van der Waals surface area contributed by atoms with Crippen molar-refractivity contribution in [3.63, 3.8) is 0 Å². The summed E-state index contributed by atoms with van der Waals surface area (Å²) < 4.78 is 29.2. The van der Waals surface area contributed by atoms with E-state index in [0.717, 1.165) is 4.31 Å². The molecule has 1 aromatic rings. The summed E-state index contributed by atoms with van der Waals surface area (Å²) in [5.41, 5.74) is 2.10. The third-order valence-corrected chi connectivity index (χ3v) is 3.54. The molecule has 1 heterocycles. The summed E-state index contributed by atoms with van der Waals surface area (Å²) in [6, 6.07) is 2.49. The molecule has 1 rings (SSSR count). The highest BCUT2D eigenvalue weighted by Crippen LogP contribution is 2.16. The first-order valence-corrected chi connectivity index (χ1v) is 6.28. The molecule has 0 unspecified atom stereocenters. The Bertz CT molecular complexity index is 491. The Labute approximate surface area is 99.4 Å². The molecule has 8 heteroatoms. The Morgan fingerprint density at radius 1 is 1.47 bits per heavy atom. The van der Waals surface area contributed by atoms with E-state index >= 15 is 0 Å². The van der Waals surface area contributed by atoms with E-state index in [1.54, 1.807) is 6.92 Å². The Balaban J connectivity index is 2.89. The molecule has 0 radical (unpaired) electrons. The van der Waals surface area contributed by atoms with Gasteiger partial charge in [-0.05, 0) is 19.1 Å². The molecule has 0 fully saturated rings. The lowest BCUT2D eigenvalue weighted by Gasteiger charge is -2.07. The molecular weight excluding hydrogens is 248 g/mol. The van der Waals surface area contributed by atoms with Gasteiger partial charge < -0.3 is 4.42 Å². The van der Waals surface area contributed by atoms with Crippen LogP contribution in [-0.2, 0) is 14.9 Å². The summed E-state index contributed by atoms with van der Waals surface area (Å²) in [7, 11) is -0.919. The number of sulfonamides is 1. The number of hydrogen-bond acceptors (Lipinski definition) is 5. The van der Waals surface area contributed by atoms with Crippen LogP contribution >= 0.6 is 0 Å². The fourth-order valence-corrected chi connectivity index (χ4v) is 1.74. The standard InChI is InChI=1S/C9H14N2O5S/c1-4-15-10-9(12)7-5-6-8(16-7)17(13,14)11(2)3/h5-6H,4H2,1-3H3,(H,10,12). The first-order chi connectivity index (χ1) is 7.89. The zero-order chi connectivity index (χ0) is 13.1. The van der Waals surface area contributed by atoms with Crippen LogP contribution in [0.5, 0.6) is 0 Å². The summed E-state index contributed by atoms with van der Waals surface area (Å²) in [4.78, 5) is 16.0. The summed E-state index contributed by atoms with van der Waals surface area (Å²) in [5.74, 6) is -0.758. The zero-order valence-electron chi connectivity index (χ0n) is 9.76. The highest BCUT2D eigenvalue weighted by Gasteiger charge is 2.23. The molecule has 96 valence electrons. The van der Waals surface area contributed by atoms with Crippen LogP contribution in [0.4, 0.5) is 0 Å². The van der Waals surface area contributed by atoms with Crippen LogP contribution in [0.25, 0.3) is 0 Å². The molecule has 1 aromatic heterocycles. The normalized spacial score (nSPS) is 11.8. The Kier molecular flexibility index (Phi) is 4.27. The van der Waals surface area contributed by atoms with Crippen molar-refractivity contribution in [2.45, 2.75) is 12.0 Å². The van der Waals surface area contributed by atoms with Crippen molar-refractivity contribution >= 4 is 15.9 Å². The first-order valence-electron chi connectivity index (χ1n) is 4.84. The van der Waals surface area contributed by atoms with Crippen molar-refractivity contribution in [2.24, 2.45) is 0 Å². The fourth-order valence-electron chi connectivity index (χ4n) is 0.949. The molecule has 1 N–H and O–H groups in total. The highest BCUT2D eigenvalue weighted by molar-refractivity contribution is 7.88. The number of hydrogen-bond donors (Lipinski definition) is 1. The molecule has 0 atom stereocenters. The molecule has 0 spiro atoms. The average Bonchev–Trinajstić information content (AvgIpc) is 2.75. The van der Waals surface area contributed by atoms with Gasteiger partial charge in [0, 0.05) is 14.1 Å². The molecule has 0 aliphatic rings. The lowest BCUT2D eigenvalue weighted by atomic mass is 10.4. The van der Waals surface area contributed by atoms with Gasteiger partial charge in [0.05, 0.1) is 6.61 Å². The van der Waals surface area contributed by atoms with Crippen molar-refractivity contribution in [3.8, 4) is 0 Å². The van der Waals surface area contributed by atoms with Gasteiger partial charge in [-0.3, -0.25) is 9.63 Å². The van der Waals surface area contributed by atoms with Gasteiger partial charge >= 0.3 is 5.91 Å². The predicted octanol–water partition coefficient (Wildman–Crippen LogP) is 0.211. The molecule has 0 aliphatic heterocycles. The summed E-state index contributed by atoms with van der Waals surface area (Å²) in [6.45, 7) is 2.00. The second kappa shape index (κ2) is 5.30. The van der Waals surface area contributed by atoms with E-state index in [4.69, 9.17) is 4.42 Å². The SMILES string of the molecule is CCONC(=O)c1ccc(S(=O)(=O)N(C)C)o1. The van der Waals surface area contributed by atoms with E-state index in [1.165, 1.54) is 26.2 Å². The van der Waals surface area contributed by atoms with Crippen LogP contribution in [0.3, 0.4) is 0 Å². The Morgan fingerprint density at radius 3 is 2.65 bits per heavy atom. The molecule has 0 saturated heterocycles. The Hall–Kier alpha value is -1.38. The maximum Gasteiger partial charge on any atom is 0.310 e. The highest BCUT2D eigenvalue weighted by atomic mass is 32.2. The number of carbonyl (C=O) groups excluding carboxylic acids is 1. The lowest BCUT2D eigenvalue weighted by molar-refractivity contribution is 0.0336. The molecule has 7 nitrogen and oxygen atoms in total. The maximum atomic E-state index is 11.7. The zero-order valence-corrected chi connectivity index (χ0v) is 10.6. The molecule has 1 amide bonds. The number of carbonyl (C=O) groups is 1. The molecule has 0 aromatic carbocycles. The van der Waals surface area contributed by atoms with Crippen LogP contribution in [-0.4, -0.2) is 39.3 Å². The van der Waals surface area contributed by atoms with E-state index in [1.807, 2.05) is 0 Å². The van der Waals surface area contributed by atoms with Crippen molar-refractivity contribution in [1.82, 2.24) is 9.79 Å². The molecule has 0 aliphatic carbocycles. The first kappa shape index (κ1) is 13.7. The quantitative estimate of drug-likeness (QED) is 0.766. The van der Waals surface area contributed by atoms with E-state index in [0.29, 0.717) is 6.61 Å². The van der Waals surface area contributed by atoms with Crippen molar-refractivity contribution < 1.29 is 22.5 Å². The van der Waals surface area contributed by atoms with Crippen LogP contribution in [0, 0.1) is 0 Å². The number of rotatable bonds is 5. The van der Waals surface area contributed by atoms with Crippen LogP contribution in [0.15, 0.2) is 21.6 Å². The topological polar surface area (TPSA) is 88.8 Å². The van der Waals surface area contributed by atoms with Gasteiger partial charge in [-0.25, -0.2) is 18.2 Å². The number of hydroxylamine groups is 1. The number of amides is 1. The van der Waals surface area contributed by atoms with Gasteiger partial charge in [-0.2, -0.15) is 0 Å². The predicted molar refractivity (Wildman–Crippen MR) is 58.7 cm³/mol. The molecular formula is C9H14N2O5S. The van der Waals surface area contributed by atoms with Gasteiger partial charge in [0.15, 0.2) is 5.76 Å². The van der Waals surface area contributed by atoms with Gasteiger partial charge in [0.1, 0.15) is 0 Å². The van der Waals surface area contributed by atoms with Crippen LogP contribution < -0.4 is 5.48 Å². The lowest BCUT2D eigenvalue weighted by Crippen LogP contribution is -2.23.